The average molecular weight is 248 g/mol. The first-order chi connectivity index (χ1) is 8.70. The molecule has 3 N–H and O–H groups in total. The van der Waals surface area contributed by atoms with Crippen molar-refractivity contribution in [3.05, 3.63) is 35.9 Å². The summed E-state index contributed by atoms with van der Waals surface area (Å²) >= 11 is 0. The Kier molecular flexibility index (Phi) is 3.94. The maximum Gasteiger partial charge on any atom is 0.243 e. The first-order valence-corrected chi connectivity index (χ1v) is 5.96. The zero-order chi connectivity index (χ0) is 13.0. The Hall–Kier alpha value is -1.88. The van der Waals surface area contributed by atoms with Gasteiger partial charge >= 0.3 is 0 Å². The van der Waals surface area contributed by atoms with Crippen molar-refractivity contribution in [3.8, 4) is 0 Å². The molecule has 1 aliphatic rings. The highest BCUT2D eigenvalue weighted by Gasteiger charge is 2.28. The largest absolute Gasteiger partial charge is 0.394 e. The van der Waals surface area contributed by atoms with E-state index in [-0.39, 0.29) is 18.4 Å². The molecule has 5 nitrogen and oxygen atoms in total. The fraction of sp³-hybridized carbons (Fsp3) is 0.385. The lowest BCUT2D eigenvalue weighted by atomic mass is 10.1. The monoisotopic (exact) mass is 248 g/mol. The molecule has 2 rings (SSSR count). The van der Waals surface area contributed by atoms with E-state index in [1.165, 1.54) is 0 Å². The highest BCUT2D eigenvalue weighted by Crippen LogP contribution is 2.13. The standard InChI is InChI=1S/C13H16N2O3/c16-8-11(9-4-2-1-3-5-9)15-13(18)10-6-7-12(17)14-10/h1-5,10-11,16H,6-8H2,(H,14,17)(H,15,18)/t10?,11-/m0/s1. The lowest BCUT2D eigenvalue weighted by Gasteiger charge is -2.19. The molecule has 1 saturated heterocycles. The molecule has 0 spiro atoms. The van der Waals surface area contributed by atoms with Gasteiger partial charge in [-0.05, 0) is 12.0 Å². The summed E-state index contributed by atoms with van der Waals surface area (Å²) in [6, 6.07) is 8.34. The quantitative estimate of drug-likeness (QED) is 0.708. The highest BCUT2D eigenvalue weighted by atomic mass is 16.3. The van der Waals surface area contributed by atoms with Gasteiger partial charge in [-0.2, -0.15) is 0 Å². The van der Waals surface area contributed by atoms with E-state index in [1.807, 2.05) is 30.3 Å². The number of benzene rings is 1. The predicted octanol–water partition coefficient (Wildman–Crippen LogP) is 0.115. The molecule has 0 radical (unpaired) electrons. The second-order valence-corrected chi connectivity index (χ2v) is 4.31. The topological polar surface area (TPSA) is 78.4 Å². The molecule has 1 aromatic rings. The first kappa shape index (κ1) is 12.6. The van der Waals surface area contributed by atoms with E-state index in [1.54, 1.807) is 0 Å². The Labute approximate surface area is 105 Å². The lowest BCUT2D eigenvalue weighted by Crippen LogP contribution is -2.43. The minimum absolute atomic E-state index is 0.101. The molecule has 1 fully saturated rings. The Morgan fingerprint density at radius 1 is 1.44 bits per heavy atom. The van der Waals surface area contributed by atoms with Gasteiger partial charge in [-0.1, -0.05) is 30.3 Å². The summed E-state index contributed by atoms with van der Waals surface area (Å²) in [7, 11) is 0. The van der Waals surface area contributed by atoms with Crippen molar-refractivity contribution in [2.75, 3.05) is 6.61 Å². The van der Waals surface area contributed by atoms with Gasteiger partial charge < -0.3 is 15.7 Å². The van der Waals surface area contributed by atoms with E-state index in [2.05, 4.69) is 10.6 Å². The van der Waals surface area contributed by atoms with Crippen molar-refractivity contribution in [3.63, 3.8) is 0 Å². The first-order valence-electron chi connectivity index (χ1n) is 5.96. The van der Waals surface area contributed by atoms with Crippen molar-refractivity contribution in [1.29, 1.82) is 0 Å². The van der Waals surface area contributed by atoms with Gasteiger partial charge in [0.15, 0.2) is 0 Å². The molecule has 96 valence electrons. The van der Waals surface area contributed by atoms with Crippen LogP contribution >= 0.6 is 0 Å². The van der Waals surface area contributed by atoms with Crippen LogP contribution in [0.15, 0.2) is 30.3 Å². The molecule has 0 aromatic heterocycles. The lowest BCUT2D eigenvalue weighted by molar-refractivity contribution is -0.126. The summed E-state index contributed by atoms with van der Waals surface area (Å²) in [5.41, 5.74) is 0.845. The third kappa shape index (κ3) is 2.87. The maximum absolute atomic E-state index is 11.9. The van der Waals surface area contributed by atoms with Crippen LogP contribution in [0.3, 0.4) is 0 Å². The molecule has 1 unspecified atom stereocenters. The van der Waals surface area contributed by atoms with Gasteiger partial charge in [-0.3, -0.25) is 9.59 Å². The molecule has 0 bridgehead atoms. The van der Waals surface area contributed by atoms with E-state index in [0.717, 1.165) is 5.56 Å². The minimum Gasteiger partial charge on any atom is -0.394 e. The van der Waals surface area contributed by atoms with Gasteiger partial charge in [-0.25, -0.2) is 0 Å². The summed E-state index contributed by atoms with van der Waals surface area (Å²) in [5, 5.41) is 14.7. The molecule has 1 aliphatic heterocycles. The van der Waals surface area contributed by atoms with Crippen LogP contribution in [0, 0.1) is 0 Å². The second-order valence-electron chi connectivity index (χ2n) is 4.31. The number of rotatable bonds is 4. The molecule has 1 heterocycles. The van der Waals surface area contributed by atoms with Gasteiger partial charge in [0.05, 0.1) is 12.6 Å². The highest BCUT2D eigenvalue weighted by molar-refractivity contribution is 5.90. The second kappa shape index (κ2) is 5.64. The summed E-state index contributed by atoms with van der Waals surface area (Å²) in [5.74, 6) is -0.348. The summed E-state index contributed by atoms with van der Waals surface area (Å²) < 4.78 is 0. The molecule has 18 heavy (non-hydrogen) atoms. The van der Waals surface area contributed by atoms with Gasteiger partial charge in [0.1, 0.15) is 6.04 Å². The molecular weight excluding hydrogens is 232 g/mol. The van der Waals surface area contributed by atoms with Crippen LogP contribution in [-0.2, 0) is 9.59 Å². The van der Waals surface area contributed by atoms with E-state index in [9.17, 15) is 14.7 Å². The molecule has 0 saturated carbocycles. The molecule has 5 heteroatoms. The Morgan fingerprint density at radius 3 is 2.72 bits per heavy atom. The Bertz CT molecular complexity index is 433. The van der Waals surface area contributed by atoms with Crippen LogP contribution in [0.4, 0.5) is 0 Å². The number of hydrogen-bond donors (Lipinski definition) is 3. The Morgan fingerprint density at radius 2 is 2.17 bits per heavy atom. The number of aliphatic hydroxyl groups excluding tert-OH is 1. The number of hydrogen-bond acceptors (Lipinski definition) is 3. The number of carbonyl (C=O) groups is 2. The molecule has 2 amide bonds. The SMILES string of the molecule is O=C1CCC(C(=O)N[C@@H](CO)c2ccccc2)N1. The number of amides is 2. The zero-order valence-corrected chi connectivity index (χ0v) is 9.93. The summed E-state index contributed by atoms with van der Waals surface area (Å²) in [4.78, 5) is 22.9. The van der Waals surface area contributed by atoms with Crippen LogP contribution in [0.1, 0.15) is 24.4 Å². The number of carbonyl (C=O) groups excluding carboxylic acids is 2. The molecule has 0 aliphatic carbocycles. The zero-order valence-electron chi connectivity index (χ0n) is 9.93. The van der Waals surface area contributed by atoms with Crippen LogP contribution in [0.25, 0.3) is 0 Å². The van der Waals surface area contributed by atoms with E-state index in [4.69, 9.17) is 0 Å². The normalized spacial score (nSPS) is 20.3. The van der Waals surface area contributed by atoms with Gasteiger partial charge in [0, 0.05) is 6.42 Å². The van der Waals surface area contributed by atoms with E-state index < -0.39 is 12.1 Å². The third-order valence-corrected chi connectivity index (χ3v) is 3.01. The summed E-state index contributed by atoms with van der Waals surface area (Å²) in [6.45, 7) is -0.170. The average Bonchev–Trinajstić information content (AvgIpc) is 2.83. The number of nitrogens with one attached hydrogen (secondary N) is 2. The van der Waals surface area contributed by atoms with Crippen LogP contribution in [0.2, 0.25) is 0 Å². The fourth-order valence-electron chi connectivity index (χ4n) is 2.00. The van der Waals surface area contributed by atoms with Crippen molar-refractivity contribution in [1.82, 2.24) is 10.6 Å². The van der Waals surface area contributed by atoms with Gasteiger partial charge in [-0.15, -0.1) is 0 Å². The van der Waals surface area contributed by atoms with Crippen LogP contribution in [0.5, 0.6) is 0 Å². The van der Waals surface area contributed by atoms with E-state index >= 15 is 0 Å². The fourth-order valence-corrected chi connectivity index (χ4v) is 2.00. The van der Waals surface area contributed by atoms with Crippen molar-refractivity contribution < 1.29 is 14.7 Å². The minimum atomic E-state index is -0.477. The van der Waals surface area contributed by atoms with E-state index in [0.29, 0.717) is 12.8 Å². The van der Waals surface area contributed by atoms with Crippen molar-refractivity contribution >= 4 is 11.8 Å². The Balaban J connectivity index is 1.98. The maximum atomic E-state index is 11.9. The third-order valence-electron chi connectivity index (χ3n) is 3.01. The molecule has 2 atom stereocenters. The van der Waals surface area contributed by atoms with Crippen molar-refractivity contribution in [2.24, 2.45) is 0 Å². The van der Waals surface area contributed by atoms with Crippen molar-refractivity contribution in [2.45, 2.75) is 24.9 Å². The van der Waals surface area contributed by atoms with Crippen LogP contribution < -0.4 is 10.6 Å². The summed E-state index contributed by atoms with van der Waals surface area (Å²) in [6.07, 6.45) is 0.894. The van der Waals surface area contributed by atoms with Crippen LogP contribution in [-0.4, -0.2) is 29.6 Å². The predicted molar refractivity (Wildman–Crippen MR) is 65.6 cm³/mol. The number of aliphatic hydroxyl groups is 1. The van der Waals surface area contributed by atoms with Gasteiger partial charge in [0.25, 0.3) is 0 Å². The molecular formula is C13H16N2O3. The van der Waals surface area contributed by atoms with Gasteiger partial charge in [0.2, 0.25) is 11.8 Å². The molecule has 1 aromatic carbocycles. The smallest absolute Gasteiger partial charge is 0.243 e.